The number of sulfone groups is 1. The number of Topliss-reactive ketones (excluding diaryl/α,β-unsaturated/α-hetero) is 1. The standard InChI is InChI=1S/C13H14F2O4S/c1-20(17,18)10-6-8(2-3-11(16)13(14)15)12-9(7-10)4-5-19-12/h6-7,13H,2-5H2,1H3. The first-order valence-electron chi connectivity index (χ1n) is 6.08. The number of ether oxygens (including phenoxy) is 1. The molecule has 1 aliphatic rings. The second-order valence-electron chi connectivity index (χ2n) is 4.71. The molecule has 4 nitrogen and oxygen atoms in total. The van der Waals surface area contributed by atoms with Gasteiger partial charge in [-0.05, 0) is 29.7 Å². The van der Waals surface area contributed by atoms with Crippen LogP contribution < -0.4 is 4.74 Å². The van der Waals surface area contributed by atoms with Crippen LogP contribution in [0.5, 0.6) is 5.75 Å². The van der Waals surface area contributed by atoms with Crippen LogP contribution in [0.3, 0.4) is 0 Å². The van der Waals surface area contributed by atoms with Gasteiger partial charge in [-0.3, -0.25) is 4.79 Å². The minimum atomic E-state index is -3.39. The quantitative estimate of drug-likeness (QED) is 0.832. The first-order chi connectivity index (χ1) is 9.29. The Bertz CT molecular complexity index is 638. The van der Waals surface area contributed by atoms with E-state index in [1.807, 2.05) is 0 Å². The Morgan fingerprint density at radius 3 is 2.70 bits per heavy atom. The lowest BCUT2D eigenvalue weighted by atomic mass is 10.0. The monoisotopic (exact) mass is 304 g/mol. The molecule has 1 aromatic rings. The number of fused-ring (bicyclic) bond motifs is 1. The van der Waals surface area contributed by atoms with Crippen LogP contribution in [0.1, 0.15) is 17.5 Å². The van der Waals surface area contributed by atoms with E-state index in [4.69, 9.17) is 4.74 Å². The van der Waals surface area contributed by atoms with Gasteiger partial charge in [-0.15, -0.1) is 0 Å². The molecule has 0 unspecified atom stereocenters. The van der Waals surface area contributed by atoms with Crippen LogP contribution in [0.15, 0.2) is 17.0 Å². The molecule has 0 N–H and O–H groups in total. The minimum absolute atomic E-state index is 0.0505. The van der Waals surface area contributed by atoms with E-state index in [-0.39, 0.29) is 17.7 Å². The summed E-state index contributed by atoms with van der Waals surface area (Å²) >= 11 is 0. The maximum absolute atomic E-state index is 12.2. The third-order valence-corrected chi connectivity index (χ3v) is 4.24. The summed E-state index contributed by atoms with van der Waals surface area (Å²) in [7, 11) is -3.39. The normalized spacial score (nSPS) is 14.2. The van der Waals surface area contributed by atoms with Crippen LogP contribution in [-0.2, 0) is 27.5 Å². The lowest BCUT2D eigenvalue weighted by Gasteiger charge is -2.10. The topological polar surface area (TPSA) is 60.4 Å². The largest absolute Gasteiger partial charge is 0.493 e. The van der Waals surface area contributed by atoms with E-state index in [1.54, 1.807) is 0 Å². The molecule has 1 aromatic carbocycles. The van der Waals surface area contributed by atoms with Crippen LogP contribution in [0, 0.1) is 0 Å². The second kappa shape index (κ2) is 5.47. The Labute approximate surface area is 115 Å². The van der Waals surface area contributed by atoms with Crippen LogP contribution >= 0.6 is 0 Å². The number of halogens is 2. The van der Waals surface area contributed by atoms with Gasteiger partial charge in [0.25, 0.3) is 6.43 Å². The zero-order valence-corrected chi connectivity index (χ0v) is 11.7. The van der Waals surface area contributed by atoms with Crippen molar-refractivity contribution in [2.75, 3.05) is 12.9 Å². The zero-order chi connectivity index (χ0) is 14.9. The molecule has 0 aliphatic carbocycles. The molecule has 110 valence electrons. The molecule has 0 bridgehead atoms. The van der Waals surface area contributed by atoms with Crippen molar-refractivity contribution >= 4 is 15.6 Å². The zero-order valence-electron chi connectivity index (χ0n) is 10.9. The van der Waals surface area contributed by atoms with Gasteiger partial charge in [0.15, 0.2) is 15.6 Å². The highest BCUT2D eigenvalue weighted by Gasteiger charge is 2.22. The summed E-state index contributed by atoms with van der Waals surface area (Å²) in [5.41, 5.74) is 1.24. The maximum Gasteiger partial charge on any atom is 0.295 e. The molecule has 0 saturated heterocycles. The van der Waals surface area contributed by atoms with E-state index in [0.29, 0.717) is 24.3 Å². The van der Waals surface area contributed by atoms with Gasteiger partial charge in [-0.1, -0.05) is 0 Å². The summed E-state index contributed by atoms with van der Waals surface area (Å²) < 4.78 is 53.0. The van der Waals surface area contributed by atoms with Gasteiger partial charge < -0.3 is 4.74 Å². The van der Waals surface area contributed by atoms with Crippen LogP contribution in [0.4, 0.5) is 8.78 Å². The Kier molecular flexibility index (Phi) is 4.08. The number of hydrogen-bond donors (Lipinski definition) is 0. The third-order valence-electron chi connectivity index (χ3n) is 3.15. The number of carbonyl (C=O) groups is 1. The van der Waals surface area contributed by atoms with Crippen molar-refractivity contribution in [1.82, 2.24) is 0 Å². The van der Waals surface area contributed by atoms with E-state index in [2.05, 4.69) is 0 Å². The Hall–Kier alpha value is -1.50. The van der Waals surface area contributed by atoms with Crippen molar-refractivity contribution < 1.29 is 26.7 Å². The van der Waals surface area contributed by atoms with Crippen molar-refractivity contribution in [1.29, 1.82) is 0 Å². The molecule has 1 heterocycles. The van der Waals surface area contributed by atoms with E-state index < -0.39 is 22.0 Å². The van der Waals surface area contributed by atoms with Gasteiger partial charge in [-0.2, -0.15) is 0 Å². The highest BCUT2D eigenvalue weighted by molar-refractivity contribution is 7.90. The van der Waals surface area contributed by atoms with Gasteiger partial charge >= 0.3 is 0 Å². The molecule has 0 aromatic heterocycles. The van der Waals surface area contributed by atoms with Crippen LogP contribution in [0.2, 0.25) is 0 Å². The lowest BCUT2D eigenvalue weighted by Crippen LogP contribution is -2.11. The molecule has 0 radical (unpaired) electrons. The molecule has 0 spiro atoms. The lowest BCUT2D eigenvalue weighted by molar-refractivity contribution is -0.129. The molecular formula is C13H14F2O4S. The average molecular weight is 304 g/mol. The average Bonchev–Trinajstić information content (AvgIpc) is 2.82. The number of hydrogen-bond acceptors (Lipinski definition) is 4. The molecule has 20 heavy (non-hydrogen) atoms. The third kappa shape index (κ3) is 3.15. The molecular weight excluding hydrogens is 290 g/mol. The van der Waals surface area contributed by atoms with E-state index in [0.717, 1.165) is 11.8 Å². The minimum Gasteiger partial charge on any atom is -0.493 e. The van der Waals surface area contributed by atoms with Crippen molar-refractivity contribution in [3.05, 3.63) is 23.3 Å². The second-order valence-corrected chi connectivity index (χ2v) is 6.72. The molecule has 0 amide bonds. The van der Waals surface area contributed by atoms with Crippen molar-refractivity contribution in [3.63, 3.8) is 0 Å². The number of benzene rings is 1. The Morgan fingerprint density at radius 1 is 1.40 bits per heavy atom. The fourth-order valence-corrected chi connectivity index (χ4v) is 2.84. The van der Waals surface area contributed by atoms with Crippen molar-refractivity contribution in [2.24, 2.45) is 0 Å². The van der Waals surface area contributed by atoms with Gasteiger partial charge in [0.05, 0.1) is 11.5 Å². The van der Waals surface area contributed by atoms with Gasteiger partial charge in [-0.25, -0.2) is 17.2 Å². The fraction of sp³-hybridized carbons (Fsp3) is 0.462. The number of carbonyl (C=O) groups excluding carboxylic acids is 1. The maximum atomic E-state index is 12.2. The van der Waals surface area contributed by atoms with E-state index >= 15 is 0 Å². The highest BCUT2D eigenvalue weighted by atomic mass is 32.2. The summed E-state index contributed by atoms with van der Waals surface area (Å²) in [6.07, 6.45) is -1.62. The van der Waals surface area contributed by atoms with E-state index in [9.17, 15) is 22.0 Å². The number of alkyl halides is 2. The van der Waals surface area contributed by atoms with Crippen LogP contribution in [-0.4, -0.2) is 33.5 Å². The van der Waals surface area contributed by atoms with Crippen molar-refractivity contribution in [3.8, 4) is 5.75 Å². The highest BCUT2D eigenvalue weighted by Crippen LogP contribution is 2.33. The summed E-state index contributed by atoms with van der Waals surface area (Å²) in [6, 6.07) is 2.94. The van der Waals surface area contributed by atoms with Crippen molar-refractivity contribution in [2.45, 2.75) is 30.6 Å². The number of ketones is 1. The first kappa shape index (κ1) is 14.9. The molecule has 7 heteroatoms. The summed E-state index contributed by atoms with van der Waals surface area (Å²) in [5, 5.41) is 0. The molecule has 2 rings (SSSR count). The number of rotatable bonds is 5. The molecule has 0 saturated carbocycles. The fourth-order valence-electron chi connectivity index (χ4n) is 2.12. The SMILES string of the molecule is CS(=O)(=O)c1cc2c(c(CCC(=O)C(F)F)c1)OCC2. The van der Waals surface area contributed by atoms with Gasteiger partial charge in [0.1, 0.15) is 5.75 Å². The first-order valence-corrected chi connectivity index (χ1v) is 7.97. The van der Waals surface area contributed by atoms with E-state index in [1.165, 1.54) is 12.1 Å². The summed E-state index contributed by atoms with van der Waals surface area (Å²) in [6.45, 7) is 0.429. The smallest absolute Gasteiger partial charge is 0.295 e. The van der Waals surface area contributed by atoms with Gasteiger partial charge in [0, 0.05) is 19.1 Å². The predicted molar refractivity (Wildman–Crippen MR) is 68.1 cm³/mol. The summed E-state index contributed by atoms with van der Waals surface area (Å²) in [5.74, 6) is -0.624. The molecule has 1 aliphatic heterocycles. The summed E-state index contributed by atoms with van der Waals surface area (Å²) in [4.78, 5) is 11.1. The number of aryl methyl sites for hydroxylation is 1. The van der Waals surface area contributed by atoms with Gasteiger partial charge in [0.2, 0.25) is 0 Å². The molecule has 0 atom stereocenters. The molecule has 0 fully saturated rings. The predicted octanol–water partition coefficient (Wildman–Crippen LogP) is 1.79. The Balaban J connectivity index is 2.32. The Morgan fingerprint density at radius 2 is 2.10 bits per heavy atom. The van der Waals surface area contributed by atoms with Crippen LogP contribution in [0.25, 0.3) is 0 Å².